The SMILES string of the molecule is O=C(Nc1ccccc1)c1cccc(N2C[C@@H](C(=O)Nc3cccc(Cl)c3)CC2=O)c1. The van der Waals surface area contributed by atoms with E-state index < -0.39 is 5.92 Å². The van der Waals surface area contributed by atoms with Crippen LogP contribution >= 0.6 is 11.6 Å². The van der Waals surface area contributed by atoms with Gasteiger partial charge in [-0.1, -0.05) is 41.9 Å². The zero-order valence-corrected chi connectivity index (χ0v) is 17.3. The molecule has 3 aromatic carbocycles. The van der Waals surface area contributed by atoms with Crippen molar-refractivity contribution in [1.82, 2.24) is 0 Å². The maximum Gasteiger partial charge on any atom is 0.255 e. The topological polar surface area (TPSA) is 78.5 Å². The number of carbonyl (C=O) groups excluding carboxylic acids is 3. The summed E-state index contributed by atoms with van der Waals surface area (Å²) in [7, 11) is 0. The smallest absolute Gasteiger partial charge is 0.255 e. The molecule has 1 fully saturated rings. The van der Waals surface area contributed by atoms with Crippen LogP contribution in [0.4, 0.5) is 17.1 Å². The van der Waals surface area contributed by atoms with E-state index in [0.717, 1.165) is 0 Å². The first kappa shape index (κ1) is 20.6. The van der Waals surface area contributed by atoms with Crippen LogP contribution in [0.1, 0.15) is 16.8 Å². The van der Waals surface area contributed by atoms with E-state index in [1.54, 1.807) is 65.6 Å². The van der Waals surface area contributed by atoms with Gasteiger partial charge in [-0.15, -0.1) is 0 Å². The van der Waals surface area contributed by atoms with Gasteiger partial charge >= 0.3 is 0 Å². The predicted molar refractivity (Wildman–Crippen MR) is 121 cm³/mol. The summed E-state index contributed by atoms with van der Waals surface area (Å²) in [4.78, 5) is 39.3. The number of hydrogen-bond donors (Lipinski definition) is 2. The van der Waals surface area contributed by atoms with Crippen LogP contribution in [0.25, 0.3) is 0 Å². The molecule has 1 atom stereocenters. The average Bonchev–Trinajstić information content (AvgIpc) is 3.16. The molecule has 4 rings (SSSR count). The van der Waals surface area contributed by atoms with Crippen molar-refractivity contribution in [3.05, 3.63) is 89.4 Å². The lowest BCUT2D eigenvalue weighted by Crippen LogP contribution is -2.28. The molecule has 7 heteroatoms. The molecule has 0 saturated carbocycles. The van der Waals surface area contributed by atoms with Gasteiger partial charge in [0, 0.05) is 40.6 Å². The van der Waals surface area contributed by atoms with Gasteiger partial charge in [-0.05, 0) is 48.5 Å². The standard InChI is InChI=1S/C24H20ClN3O3/c25-18-7-5-10-20(14-18)27-24(31)17-13-22(29)28(15-17)21-11-4-6-16(12-21)23(30)26-19-8-2-1-3-9-19/h1-12,14,17H,13,15H2,(H,26,30)(H,27,31)/t17-/m0/s1. The van der Waals surface area contributed by atoms with E-state index in [9.17, 15) is 14.4 Å². The molecule has 1 aliphatic rings. The Kier molecular flexibility index (Phi) is 6.00. The number of nitrogens with one attached hydrogen (secondary N) is 2. The number of nitrogens with zero attached hydrogens (tertiary/aromatic N) is 1. The Labute approximate surface area is 184 Å². The van der Waals surface area contributed by atoms with Crippen molar-refractivity contribution >= 4 is 46.4 Å². The largest absolute Gasteiger partial charge is 0.326 e. The van der Waals surface area contributed by atoms with Gasteiger partial charge in [-0.25, -0.2) is 0 Å². The van der Waals surface area contributed by atoms with Crippen molar-refractivity contribution in [1.29, 1.82) is 0 Å². The molecule has 3 aromatic rings. The Hall–Kier alpha value is -3.64. The number of halogens is 1. The van der Waals surface area contributed by atoms with Crippen LogP contribution in [0.2, 0.25) is 5.02 Å². The fraction of sp³-hybridized carbons (Fsp3) is 0.125. The van der Waals surface area contributed by atoms with E-state index in [1.807, 2.05) is 18.2 Å². The van der Waals surface area contributed by atoms with Crippen molar-refractivity contribution in [2.24, 2.45) is 5.92 Å². The molecule has 0 spiro atoms. The maximum absolute atomic E-state index is 12.6. The molecule has 0 bridgehead atoms. The van der Waals surface area contributed by atoms with Crippen molar-refractivity contribution < 1.29 is 14.4 Å². The monoisotopic (exact) mass is 433 g/mol. The minimum absolute atomic E-state index is 0.104. The molecule has 156 valence electrons. The number of amides is 3. The zero-order valence-electron chi connectivity index (χ0n) is 16.5. The van der Waals surface area contributed by atoms with Gasteiger partial charge in [0.05, 0.1) is 5.92 Å². The molecule has 0 aromatic heterocycles. The summed E-state index contributed by atoms with van der Waals surface area (Å²) in [5.41, 5.74) is 2.29. The molecule has 2 N–H and O–H groups in total. The third kappa shape index (κ3) is 4.92. The summed E-state index contributed by atoms with van der Waals surface area (Å²) >= 11 is 5.96. The summed E-state index contributed by atoms with van der Waals surface area (Å²) in [6.45, 7) is 0.245. The number of carbonyl (C=O) groups is 3. The van der Waals surface area contributed by atoms with Gasteiger partial charge < -0.3 is 15.5 Å². The first-order valence-corrected chi connectivity index (χ1v) is 10.2. The van der Waals surface area contributed by atoms with Crippen LogP contribution in [0.3, 0.4) is 0 Å². The van der Waals surface area contributed by atoms with E-state index in [1.165, 1.54) is 0 Å². The quantitative estimate of drug-likeness (QED) is 0.618. The lowest BCUT2D eigenvalue weighted by molar-refractivity contribution is -0.122. The van der Waals surface area contributed by atoms with Gasteiger partial charge in [0.25, 0.3) is 5.91 Å². The predicted octanol–water partition coefficient (Wildman–Crippen LogP) is 4.58. The first-order valence-electron chi connectivity index (χ1n) is 9.83. The number of anilines is 3. The third-order valence-corrected chi connectivity index (χ3v) is 5.27. The number of benzene rings is 3. The second kappa shape index (κ2) is 9.02. The van der Waals surface area contributed by atoms with Crippen molar-refractivity contribution in [3.8, 4) is 0 Å². The fourth-order valence-electron chi connectivity index (χ4n) is 3.48. The first-order chi connectivity index (χ1) is 15.0. The van der Waals surface area contributed by atoms with Crippen molar-refractivity contribution in [2.45, 2.75) is 6.42 Å². The molecule has 1 heterocycles. The Bertz CT molecular complexity index is 1130. The summed E-state index contributed by atoms with van der Waals surface area (Å²) in [6, 6.07) is 22.8. The number of rotatable bonds is 5. The molecule has 31 heavy (non-hydrogen) atoms. The van der Waals surface area contributed by atoms with Gasteiger partial charge in [0.15, 0.2) is 0 Å². The van der Waals surface area contributed by atoms with Crippen LogP contribution in [-0.4, -0.2) is 24.3 Å². The highest BCUT2D eigenvalue weighted by molar-refractivity contribution is 6.30. The molecule has 3 amide bonds. The highest BCUT2D eigenvalue weighted by atomic mass is 35.5. The average molecular weight is 434 g/mol. The summed E-state index contributed by atoms with van der Waals surface area (Å²) in [5.74, 6) is -1.16. The van der Waals surface area contributed by atoms with E-state index in [2.05, 4.69) is 10.6 Å². The molecule has 0 aliphatic carbocycles. The van der Waals surface area contributed by atoms with Crippen molar-refractivity contribution in [3.63, 3.8) is 0 Å². The number of para-hydroxylation sites is 1. The molecule has 0 radical (unpaired) electrons. The summed E-state index contributed by atoms with van der Waals surface area (Å²) in [5, 5.41) is 6.16. The van der Waals surface area contributed by atoms with Gasteiger partial charge in [-0.3, -0.25) is 14.4 Å². The van der Waals surface area contributed by atoms with Crippen molar-refractivity contribution in [2.75, 3.05) is 22.1 Å². The van der Waals surface area contributed by atoms with Crippen LogP contribution < -0.4 is 15.5 Å². The lowest BCUT2D eigenvalue weighted by Gasteiger charge is -2.18. The van der Waals surface area contributed by atoms with E-state index in [0.29, 0.717) is 27.6 Å². The maximum atomic E-state index is 12.6. The minimum Gasteiger partial charge on any atom is -0.326 e. The highest BCUT2D eigenvalue weighted by Gasteiger charge is 2.35. The Morgan fingerprint density at radius 1 is 0.871 bits per heavy atom. The van der Waals surface area contributed by atoms with Crippen LogP contribution in [0, 0.1) is 5.92 Å². The second-order valence-corrected chi connectivity index (χ2v) is 7.71. The molecule has 1 aliphatic heterocycles. The normalized spacial score (nSPS) is 15.6. The van der Waals surface area contributed by atoms with Crippen LogP contribution in [0.5, 0.6) is 0 Å². The van der Waals surface area contributed by atoms with Gasteiger partial charge in [-0.2, -0.15) is 0 Å². The van der Waals surface area contributed by atoms with Gasteiger partial charge in [0.1, 0.15) is 0 Å². The molecular weight excluding hydrogens is 414 g/mol. The van der Waals surface area contributed by atoms with E-state index >= 15 is 0 Å². The number of hydrogen-bond acceptors (Lipinski definition) is 3. The highest BCUT2D eigenvalue weighted by Crippen LogP contribution is 2.27. The summed E-state index contributed by atoms with van der Waals surface area (Å²) < 4.78 is 0. The van der Waals surface area contributed by atoms with Gasteiger partial charge in [0.2, 0.25) is 11.8 Å². The molecule has 1 saturated heterocycles. The molecule has 0 unspecified atom stereocenters. The Morgan fingerprint density at radius 3 is 2.39 bits per heavy atom. The molecule has 6 nitrogen and oxygen atoms in total. The molecular formula is C24H20ClN3O3. The Morgan fingerprint density at radius 2 is 1.61 bits per heavy atom. The zero-order chi connectivity index (χ0) is 21.8. The third-order valence-electron chi connectivity index (χ3n) is 5.04. The Balaban J connectivity index is 1.45. The van der Waals surface area contributed by atoms with E-state index in [4.69, 9.17) is 11.6 Å². The van der Waals surface area contributed by atoms with Crippen LogP contribution in [-0.2, 0) is 9.59 Å². The van der Waals surface area contributed by atoms with E-state index in [-0.39, 0.29) is 30.7 Å². The second-order valence-electron chi connectivity index (χ2n) is 7.28. The lowest BCUT2D eigenvalue weighted by atomic mass is 10.1. The fourth-order valence-corrected chi connectivity index (χ4v) is 3.67. The minimum atomic E-state index is -0.492. The van der Waals surface area contributed by atoms with Crippen LogP contribution in [0.15, 0.2) is 78.9 Å². The summed E-state index contributed by atoms with van der Waals surface area (Å²) in [6.07, 6.45) is 0.104.